The van der Waals surface area contributed by atoms with Gasteiger partial charge in [0.05, 0.1) is 11.3 Å². The van der Waals surface area contributed by atoms with E-state index < -0.39 is 17.2 Å². The molecule has 2 aromatic heterocycles. The Morgan fingerprint density at radius 3 is 2.34 bits per heavy atom. The maximum atomic E-state index is 14.5. The first kappa shape index (κ1) is 23.2. The smallest absolute Gasteiger partial charge is 0.254 e. The Balaban J connectivity index is 1.34. The largest absolute Gasteiger partial charge is 0.384 e. The van der Waals surface area contributed by atoms with E-state index in [1.54, 1.807) is 30.3 Å². The van der Waals surface area contributed by atoms with E-state index in [4.69, 9.17) is 0 Å². The van der Waals surface area contributed by atoms with Crippen LogP contribution in [-0.4, -0.2) is 62.0 Å². The lowest BCUT2D eigenvalue weighted by atomic mass is 10.0. The summed E-state index contributed by atoms with van der Waals surface area (Å²) in [4.78, 5) is 34.2. The zero-order chi connectivity index (χ0) is 24.9. The zero-order valence-electron chi connectivity index (χ0n) is 19.7. The Hall–Kier alpha value is -3.53. The molecule has 0 bridgehead atoms. The number of hydrogen-bond donors (Lipinski definition) is 1. The predicted molar refractivity (Wildman–Crippen MR) is 124 cm³/mol. The summed E-state index contributed by atoms with van der Waals surface area (Å²) in [6, 6.07) is 5.75. The van der Waals surface area contributed by atoms with Gasteiger partial charge in [0.25, 0.3) is 5.91 Å². The van der Waals surface area contributed by atoms with Crippen molar-refractivity contribution < 1.29 is 18.7 Å². The summed E-state index contributed by atoms with van der Waals surface area (Å²) in [6.07, 6.45) is 3.16. The first-order chi connectivity index (χ1) is 16.6. The van der Waals surface area contributed by atoms with Gasteiger partial charge in [-0.2, -0.15) is 0 Å². The Kier molecular flexibility index (Phi) is 5.71. The van der Waals surface area contributed by atoms with Gasteiger partial charge in [0.2, 0.25) is 5.95 Å². The first-order valence-corrected chi connectivity index (χ1v) is 11.5. The molecule has 8 nitrogen and oxygen atoms in total. The van der Waals surface area contributed by atoms with Gasteiger partial charge < -0.3 is 14.9 Å². The van der Waals surface area contributed by atoms with Crippen molar-refractivity contribution in [3.8, 4) is 11.4 Å². The van der Waals surface area contributed by atoms with Crippen LogP contribution in [0.5, 0.6) is 0 Å². The van der Waals surface area contributed by atoms with Crippen LogP contribution in [0.4, 0.5) is 14.7 Å². The standard InChI is InChI=1S/C25H26F2N6O2/c1-14-20(27)21(25(2,3)35)31-24(30-14)33-12-15-10-32(11-16(15)13-33)23(34)19-9-17(26)5-6-18(19)22-28-7-4-8-29-22/h4-9,15-16,35H,10-13H2,1-3H3/t15-,16+. The molecule has 0 spiro atoms. The van der Waals surface area contributed by atoms with E-state index in [9.17, 15) is 18.7 Å². The molecule has 35 heavy (non-hydrogen) atoms. The summed E-state index contributed by atoms with van der Waals surface area (Å²) in [6.45, 7) is 6.75. The molecule has 0 saturated carbocycles. The van der Waals surface area contributed by atoms with Crippen molar-refractivity contribution in [3.63, 3.8) is 0 Å². The number of likely N-dealkylation sites (tertiary alicyclic amines) is 1. The fraction of sp³-hybridized carbons (Fsp3) is 0.400. The summed E-state index contributed by atoms with van der Waals surface area (Å²) in [5, 5.41) is 10.3. The first-order valence-electron chi connectivity index (χ1n) is 11.5. The van der Waals surface area contributed by atoms with Crippen LogP contribution in [0.15, 0.2) is 36.7 Å². The molecule has 0 unspecified atom stereocenters. The third-order valence-corrected chi connectivity index (χ3v) is 6.66. The second-order valence-corrected chi connectivity index (χ2v) is 9.73. The van der Waals surface area contributed by atoms with Gasteiger partial charge in [-0.15, -0.1) is 0 Å². The highest BCUT2D eigenvalue weighted by atomic mass is 19.1. The number of anilines is 1. The number of halogens is 2. The van der Waals surface area contributed by atoms with Crippen LogP contribution < -0.4 is 4.90 Å². The molecule has 1 N–H and O–H groups in total. The summed E-state index contributed by atoms with van der Waals surface area (Å²) >= 11 is 0. The zero-order valence-corrected chi connectivity index (χ0v) is 19.7. The van der Waals surface area contributed by atoms with Crippen molar-refractivity contribution in [2.45, 2.75) is 26.4 Å². The molecule has 182 valence electrons. The van der Waals surface area contributed by atoms with Crippen molar-refractivity contribution in [2.24, 2.45) is 11.8 Å². The summed E-state index contributed by atoms with van der Waals surface area (Å²) < 4.78 is 28.6. The molecule has 2 aliphatic heterocycles. The quantitative estimate of drug-likeness (QED) is 0.614. The third kappa shape index (κ3) is 4.34. The van der Waals surface area contributed by atoms with Crippen LogP contribution in [0, 0.1) is 30.4 Å². The number of benzene rings is 1. The van der Waals surface area contributed by atoms with E-state index in [1.165, 1.54) is 32.0 Å². The van der Waals surface area contributed by atoms with Gasteiger partial charge >= 0.3 is 0 Å². The Bertz CT molecular complexity index is 1270. The van der Waals surface area contributed by atoms with Gasteiger partial charge in [-0.1, -0.05) is 0 Å². The van der Waals surface area contributed by atoms with E-state index in [0.29, 0.717) is 43.5 Å². The van der Waals surface area contributed by atoms with Crippen LogP contribution in [0.2, 0.25) is 0 Å². The molecule has 10 heteroatoms. The van der Waals surface area contributed by atoms with Crippen LogP contribution in [0.3, 0.4) is 0 Å². The van der Waals surface area contributed by atoms with Gasteiger partial charge in [-0.3, -0.25) is 4.79 Å². The maximum absolute atomic E-state index is 14.5. The lowest BCUT2D eigenvalue weighted by Gasteiger charge is -2.25. The number of nitrogens with zero attached hydrogens (tertiary/aromatic N) is 6. The molecule has 1 aromatic carbocycles. The highest BCUT2D eigenvalue weighted by Crippen LogP contribution is 2.35. The molecule has 4 heterocycles. The predicted octanol–water partition coefficient (Wildman–Crippen LogP) is 2.96. The maximum Gasteiger partial charge on any atom is 0.254 e. The number of aliphatic hydroxyl groups is 1. The molecule has 2 saturated heterocycles. The fourth-order valence-electron chi connectivity index (χ4n) is 4.91. The van der Waals surface area contributed by atoms with Crippen molar-refractivity contribution in [1.29, 1.82) is 0 Å². The van der Waals surface area contributed by atoms with Gasteiger partial charge in [0.15, 0.2) is 11.6 Å². The van der Waals surface area contributed by atoms with Crippen LogP contribution in [0.1, 0.15) is 35.6 Å². The Morgan fingerprint density at radius 1 is 1.06 bits per heavy atom. The third-order valence-electron chi connectivity index (χ3n) is 6.66. The van der Waals surface area contributed by atoms with E-state index in [1.807, 2.05) is 4.90 Å². The molecule has 2 aliphatic rings. The lowest BCUT2D eigenvalue weighted by molar-refractivity contribution is 0.0690. The molecule has 1 amide bonds. The van der Waals surface area contributed by atoms with Crippen LogP contribution in [0.25, 0.3) is 11.4 Å². The molecular formula is C25H26F2N6O2. The SMILES string of the molecule is Cc1nc(N2C[C@H]3CN(C(=O)c4cc(F)ccc4-c4ncccn4)C[C@H]3C2)nc(C(C)(C)O)c1F. The molecular weight excluding hydrogens is 454 g/mol. The van der Waals surface area contributed by atoms with Gasteiger partial charge in [-0.05, 0) is 45.0 Å². The van der Waals surface area contributed by atoms with Crippen molar-refractivity contribution in [2.75, 3.05) is 31.1 Å². The second kappa shape index (κ2) is 8.60. The number of carbonyl (C=O) groups is 1. The number of aryl methyl sites for hydroxylation is 1. The molecule has 2 atom stereocenters. The van der Waals surface area contributed by atoms with Gasteiger partial charge in [0.1, 0.15) is 17.1 Å². The Labute approximate surface area is 201 Å². The number of fused-ring (bicyclic) bond motifs is 1. The average Bonchev–Trinajstić information content (AvgIpc) is 3.39. The van der Waals surface area contributed by atoms with Crippen molar-refractivity contribution in [3.05, 3.63) is 65.2 Å². The average molecular weight is 481 g/mol. The Morgan fingerprint density at radius 2 is 1.71 bits per heavy atom. The summed E-state index contributed by atoms with van der Waals surface area (Å²) in [7, 11) is 0. The topological polar surface area (TPSA) is 95.3 Å². The highest BCUT2D eigenvalue weighted by molar-refractivity contribution is 6.00. The van der Waals surface area contributed by atoms with Gasteiger partial charge in [0, 0.05) is 56.0 Å². The second-order valence-electron chi connectivity index (χ2n) is 9.73. The lowest BCUT2D eigenvalue weighted by Crippen LogP contribution is -2.34. The van der Waals surface area contributed by atoms with E-state index >= 15 is 0 Å². The number of amides is 1. The molecule has 0 aliphatic carbocycles. The summed E-state index contributed by atoms with van der Waals surface area (Å²) in [5.74, 6) is -0.274. The van der Waals surface area contributed by atoms with E-state index in [0.717, 1.165) is 0 Å². The number of rotatable bonds is 4. The van der Waals surface area contributed by atoms with Crippen LogP contribution in [-0.2, 0) is 5.60 Å². The molecule has 3 aromatic rings. The van der Waals surface area contributed by atoms with Crippen molar-refractivity contribution >= 4 is 11.9 Å². The number of aromatic nitrogens is 4. The minimum atomic E-state index is -1.43. The monoisotopic (exact) mass is 480 g/mol. The number of carbonyl (C=O) groups excluding carboxylic acids is 1. The minimum Gasteiger partial charge on any atom is -0.384 e. The highest BCUT2D eigenvalue weighted by Gasteiger charge is 2.43. The van der Waals surface area contributed by atoms with Gasteiger partial charge in [-0.25, -0.2) is 28.7 Å². The van der Waals surface area contributed by atoms with E-state index in [2.05, 4.69) is 19.9 Å². The summed E-state index contributed by atoms with van der Waals surface area (Å²) in [5.41, 5.74) is -0.556. The normalized spacial score (nSPS) is 19.8. The molecule has 5 rings (SSSR count). The molecule has 2 fully saturated rings. The van der Waals surface area contributed by atoms with E-state index in [-0.39, 0.29) is 34.7 Å². The minimum absolute atomic E-state index is 0.0318. The molecule has 0 radical (unpaired) electrons. The number of hydrogen-bond acceptors (Lipinski definition) is 7. The van der Waals surface area contributed by atoms with Crippen molar-refractivity contribution in [1.82, 2.24) is 24.8 Å². The van der Waals surface area contributed by atoms with Crippen LogP contribution >= 0.6 is 0 Å². The fourth-order valence-corrected chi connectivity index (χ4v) is 4.91.